The second kappa shape index (κ2) is 7.75. The van der Waals surface area contributed by atoms with Gasteiger partial charge in [0.2, 0.25) is 0 Å². The third kappa shape index (κ3) is 3.91. The lowest BCUT2D eigenvalue weighted by Gasteiger charge is -2.25. The molecular formula is C22H17NO5. The second-order valence-electron chi connectivity index (χ2n) is 6.14. The Kier molecular flexibility index (Phi) is 5.22. The van der Waals surface area contributed by atoms with E-state index in [-0.39, 0.29) is 16.9 Å². The van der Waals surface area contributed by atoms with Crippen molar-refractivity contribution in [1.29, 1.82) is 0 Å². The fraction of sp³-hybridized carbons (Fsp3) is 0.0455. The molecule has 0 saturated carbocycles. The van der Waals surface area contributed by atoms with Crippen molar-refractivity contribution in [1.82, 2.24) is 0 Å². The van der Waals surface area contributed by atoms with Gasteiger partial charge in [0.15, 0.2) is 5.78 Å². The summed E-state index contributed by atoms with van der Waals surface area (Å²) in [6.45, 7) is 1.49. The predicted octanol–water partition coefficient (Wildman–Crippen LogP) is 4.76. The van der Waals surface area contributed by atoms with Crippen molar-refractivity contribution < 1.29 is 24.6 Å². The van der Waals surface area contributed by atoms with Gasteiger partial charge in [0.1, 0.15) is 0 Å². The number of aromatic carboxylic acids is 2. The van der Waals surface area contributed by atoms with Gasteiger partial charge in [0.25, 0.3) is 0 Å². The van der Waals surface area contributed by atoms with Gasteiger partial charge in [-0.15, -0.1) is 0 Å². The second-order valence-corrected chi connectivity index (χ2v) is 6.14. The van der Waals surface area contributed by atoms with E-state index < -0.39 is 11.9 Å². The minimum Gasteiger partial charge on any atom is -0.478 e. The van der Waals surface area contributed by atoms with E-state index in [1.165, 1.54) is 31.2 Å². The maximum atomic E-state index is 11.5. The molecule has 3 rings (SSSR count). The lowest BCUT2D eigenvalue weighted by Crippen LogP contribution is -2.11. The molecule has 0 spiro atoms. The zero-order chi connectivity index (χ0) is 20.3. The zero-order valence-electron chi connectivity index (χ0n) is 15.0. The van der Waals surface area contributed by atoms with Crippen molar-refractivity contribution >= 4 is 34.8 Å². The summed E-state index contributed by atoms with van der Waals surface area (Å²) < 4.78 is 0. The standard InChI is InChI=1S/C22H17NO5/c1-14(24)15-2-8-18(9-3-15)23(19-10-4-16(5-11-19)21(25)26)20-12-6-17(7-13-20)22(27)28/h2-13H,1H3,(H,25,26)(H,27,28). The van der Waals surface area contributed by atoms with Crippen LogP contribution in [0.5, 0.6) is 0 Å². The van der Waals surface area contributed by atoms with Crippen LogP contribution in [0, 0.1) is 0 Å². The van der Waals surface area contributed by atoms with Gasteiger partial charge in [-0.25, -0.2) is 9.59 Å². The molecule has 0 saturated heterocycles. The van der Waals surface area contributed by atoms with Crippen LogP contribution in [0.1, 0.15) is 38.0 Å². The number of carbonyl (C=O) groups is 3. The first-order valence-electron chi connectivity index (χ1n) is 8.44. The molecular weight excluding hydrogens is 358 g/mol. The Morgan fingerprint density at radius 1 is 0.571 bits per heavy atom. The molecule has 0 amide bonds. The Balaban J connectivity index is 2.08. The summed E-state index contributed by atoms with van der Waals surface area (Å²) in [6, 6.07) is 19.7. The van der Waals surface area contributed by atoms with Gasteiger partial charge < -0.3 is 15.1 Å². The molecule has 140 valence electrons. The Labute approximate surface area is 161 Å². The molecule has 3 aromatic rings. The highest BCUT2D eigenvalue weighted by Crippen LogP contribution is 2.34. The summed E-state index contributed by atoms with van der Waals surface area (Å²) in [5.74, 6) is -2.08. The van der Waals surface area contributed by atoms with Gasteiger partial charge in [-0.1, -0.05) is 0 Å². The van der Waals surface area contributed by atoms with Crippen LogP contribution in [0.3, 0.4) is 0 Å². The maximum absolute atomic E-state index is 11.5. The summed E-state index contributed by atoms with van der Waals surface area (Å²) >= 11 is 0. The number of anilines is 3. The van der Waals surface area contributed by atoms with Crippen LogP contribution in [0.2, 0.25) is 0 Å². The molecule has 0 unspecified atom stereocenters. The number of nitrogens with zero attached hydrogens (tertiary/aromatic N) is 1. The van der Waals surface area contributed by atoms with Crippen molar-refractivity contribution in [2.24, 2.45) is 0 Å². The third-order valence-electron chi connectivity index (χ3n) is 4.28. The largest absolute Gasteiger partial charge is 0.478 e. The number of Topliss-reactive ketones (excluding diaryl/α,β-unsaturated/α-hetero) is 1. The lowest BCUT2D eigenvalue weighted by molar-refractivity contribution is 0.0686. The summed E-state index contributed by atoms with van der Waals surface area (Å²) in [7, 11) is 0. The van der Waals surface area contributed by atoms with Gasteiger partial charge >= 0.3 is 11.9 Å². The Morgan fingerprint density at radius 2 is 0.857 bits per heavy atom. The highest BCUT2D eigenvalue weighted by molar-refractivity contribution is 5.95. The van der Waals surface area contributed by atoms with Gasteiger partial charge in [-0.2, -0.15) is 0 Å². The molecule has 0 aliphatic carbocycles. The SMILES string of the molecule is CC(=O)c1ccc(N(c2ccc(C(=O)O)cc2)c2ccc(C(=O)O)cc2)cc1. The predicted molar refractivity (Wildman–Crippen MR) is 105 cm³/mol. The minimum atomic E-state index is -1.02. The Bertz CT molecular complexity index is 885. The number of ketones is 1. The molecule has 0 radical (unpaired) electrons. The first-order valence-corrected chi connectivity index (χ1v) is 8.44. The van der Waals surface area contributed by atoms with Crippen molar-refractivity contribution in [2.75, 3.05) is 4.90 Å². The molecule has 0 aliphatic rings. The molecule has 6 heteroatoms. The van der Waals surface area contributed by atoms with E-state index in [0.29, 0.717) is 16.9 Å². The van der Waals surface area contributed by atoms with Crippen molar-refractivity contribution in [2.45, 2.75) is 6.92 Å². The van der Waals surface area contributed by atoms with Crippen molar-refractivity contribution in [3.8, 4) is 0 Å². The summed E-state index contributed by atoms with van der Waals surface area (Å²) in [6.07, 6.45) is 0. The molecule has 6 nitrogen and oxygen atoms in total. The molecule has 0 fully saturated rings. The minimum absolute atomic E-state index is 0.0466. The number of hydrogen-bond donors (Lipinski definition) is 2. The third-order valence-corrected chi connectivity index (χ3v) is 4.28. The summed E-state index contributed by atoms with van der Waals surface area (Å²) in [5.41, 5.74) is 3.04. The molecule has 0 aliphatic heterocycles. The van der Waals surface area contributed by atoms with Crippen LogP contribution < -0.4 is 4.90 Å². The number of carbonyl (C=O) groups excluding carboxylic acids is 1. The quantitative estimate of drug-likeness (QED) is 0.604. The topological polar surface area (TPSA) is 94.9 Å². The first kappa shape index (κ1) is 18.8. The number of carboxylic acids is 2. The van der Waals surface area contributed by atoms with E-state index >= 15 is 0 Å². The average Bonchev–Trinajstić information content (AvgIpc) is 2.69. The molecule has 2 N–H and O–H groups in total. The first-order chi connectivity index (χ1) is 13.4. The van der Waals surface area contributed by atoms with E-state index in [0.717, 1.165) is 5.69 Å². The Morgan fingerprint density at radius 3 is 1.11 bits per heavy atom. The number of hydrogen-bond acceptors (Lipinski definition) is 4. The van der Waals surface area contributed by atoms with Crippen LogP contribution in [0.4, 0.5) is 17.1 Å². The van der Waals surface area contributed by atoms with Gasteiger partial charge in [-0.05, 0) is 79.7 Å². The summed E-state index contributed by atoms with van der Waals surface area (Å²) in [5, 5.41) is 18.2. The molecule has 28 heavy (non-hydrogen) atoms. The van der Waals surface area contributed by atoms with E-state index in [9.17, 15) is 14.4 Å². The molecule has 0 bridgehead atoms. The van der Waals surface area contributed by atoms with Crippen LogP contribution in [-0.2, 0) is 0 Å². The highest BCUT2D eigenvalue weighted by Gasteiger charge is 2.14. The Hall–Kier alpha value is -3.93. The van der Waals surface area contributed by atoms with E-state index in [4.69, 9.17) is 10.2 Å². The van der Waals surface area contributed by atoms with Crippen LogP contribution >= 0.6 is 0 Å². The molecule has 3 aromatic carbocycles. The maximum Gasteiger partial charge on any atom is 0.335 e. The van der Waals surface area contributed by atoms with Crippen LogP contribution in [-0.4, -0.2) is 27.9 Å². The molecule has 0 atom stereocenters. The number of carboxylic acid groups (broad SMARTS) is 2. The normalized spacial score (nSPS) is 10.3. The number of rotatable bonds is 6. The summed E-state index contributed by atoms with van der Waals surface area (Å²) in [4.78, 5) is 35.6. The lowest BCUT2D eigenvalue weighted by atomic mass is 10.1. The average molecular weight is 375 g/mol. The van der Waals surface area contributed by atoms with Crippen molar-refractivity contribution in [3.05, 3.63) is 89.5 Å². The highest BCUT2D eigenvalue weighted by atomic mass is 16.4. The van der Waals surface area contributed by atoms with E-state index in [1.807, 2.05) is 4.90 Å². The van der Waals surface area contributed by atoms with E-state index in [1.54, 1.807) is 48.5 Å². The van der Waals surface area contributed by atoms with Crippen LogP contribution in [0.25, 0.3) is 0 Å². The fourth-order valence-corrected chi connectivity index (χ4v) is 2.80. The van der Waals surface area contributed by atoms with Crippen LogP contribution in [0.15, 0.2) is 72.8 Å². The van der Waals surface area contributed by atoms with Gasteiger partial charge in [0, 0.05) is 22.6 Å². The fourth-order valence-electron chi connectivity index (χ4n) is 2.80. The van der Waals surface area contributed by atoms with E-state index in [2.05, 4.69) is 0 Å². The van der Waals surface area contributed by atoms with Gasteiger partial charge in [-0.3, -0.25) is 4.79 Å². The zero-order valence-corrected chi connectivity index (χ0v) is 15.0. The van der Waals surface area contributed by atoms with Crippen molar-refractivity contribution in [3.63, 3.8) is 0 Å². The smallest absolute Gasteiger partial charge is 0.335 e. The molecule has 0 aromatic heterocycles. The van der Waals surface area contributed by atoms with Gasteiger partial charge in [0.05, 0.1) is 11.1 Å². The number of benzene rings is 3. The monoisotopic (exact) mass is 375 g/mol. The molecule has 0 heterocycles.